The molecule has 1 saturated heterocycles. The number of hydrogen-bond acceptors (Lipinski definition) is 3. The van der Waals surface area contributed by atoms with Gasteiger partial charge in [-0.25, -0.2) is 4.79 Å². The highest BCUT2D eigenvalue weighted by atomic mass is 35.6. The summed E-state index contributed by atoms with van der Waals surface area (Å²) in [6.45, 7) is 2.25. The molecule has 0 saturated carbocycles. The van der Waals surface area contributed by atoms with Crippen LogP contribution in [0.5, 0.6) is 0 Å². The SMILES string of the molecule is Cl.O=C(OCC1CCNCC1)C(Cl)(Cl)Cl. The Balaban J connectivity index is 0.00000196. The van der Waals surface area contributed by atoms with Crippen LogP contribution < -0.4 is 5.32 Å². The number of nitrogens with one attached hydrogen (secondary N) is 1. The average molecular weight is 297 g/mol. The van der Waals surface area contributed by atoms with Gasteiger partial charge in [0.15, 0.2) is 0 Å². The molecule has 0 spiro atoms. The van der Waals surface area contributed by atoms with Crippen molar-refractivity contribution in [1.29, 1.82) is 0 Å². The quantitative estimate of drug-likeness (QED) is 0.628. The van der Waals surface area contributed by atoms with E-state index in [1.165, 1.54) is 0 Å². The van der Waals surface area contributed by atoms with Crippen molar-refractivity contribution >= 4 is 53.2 Å². The van der Waals surface area contributed by atoms with Gasteiger partial charge < -0.3 is 10.1 Å². The molecule has 0 unspecified atom stereocenters. The van der Waals surface area contributed by atoms with Crippen molar-refractivity contribution in [2.24, 2.45) is 5.92 Å². The summed E-state index contributed by atoms with van der Waals surface area (Å²) < 4.78 is 2.93. The van der Waals surface area contributed by atoms with Crippen LogP contribution in [0.4, 0.5) is 0 Å². The Hall–Kier alpha value is 0.590. The maximum absolute atomic E-state index is 11.1. The van der Waals surface area contributed by atoms with E-state index in [2.05, 4.69) is 5.32 Å². The lowest BCUT2D eigenvalue weighted by Gasteiger charge is -2.22. The number of carbonyl (C=O) groups is 1. The van der Waals surface area contributed by atoms with E-state index in [-0.39, 0.29) is 12.4 Å². The number of piperidine rings is 1. The second kappa shape index (κ2) is 7.02. The first-order valence-electron chi connectivity index (χ1n) is 4.45. The molecule has 0 radical (unpaired) electrons. The van der Waals surface area contributed by atoms with Crippen molar-refractivity contribution < 1.29 is 9.53 Å². The summed E-state index contributed by atoms with van der Waals surface area (Å²) in [5.74, 6) is -0.409. The molecule has 0 amide bonds. The Labute approximate surface area is 110 Å². The molecular weight excluding hydrogens is 284 g/mol. The molecule has 1 fully saturated rings. The van der Waals surface area contributed by atoms with Crippen LogP contribution in [-0.2, 0) is 9.53 Å². The molecular formula is C8H13Cl4NO2. The molecule has 3 nitrogen and oxygen atoms in total. The summed E-state index contributed by atoms with van der Waals surface area (Å²) in [7, 11) is 0. The van der Waals surface area contributed by atoms with E-state index in [0.29, 0.717) is 12.5 Å². The van der Waals surface area contributed by atoms with Gasteiger partial charge in [-0.05, 0) is 31.8 Å². The van der Waals surface area contributed by atoms with Gasteiger partial charge in [0.1, 0.15) is 0 Å². The van der Waals surface area contributed by atoms with Crippen LogP contribution in [0.1, 0.15) is 12.8 Å². The van der Waals surface area contributed by atoms with Crippen molar-refractivity contribution in [2.45, 2.75) is 16.6 Å². The van der Waals surface area contributed by atoms with Gasteiger partial charge >= 0.3 is 5.97 Å². The molecule has 1 aliphatic rings. The number of halogens is 4. The van der Waals surface area contributed by atoms with Crippen LogP contribution >= 0.6 is 47.2 Å². The molecule has 0 aromatic heterocycles. The fourth-order valence-electron chi connectivity index (χ4n) is 1.32. The lowest BCUT2D eigenvalue weighted by atomic mass is 9.99. The van der Waals surface area contributed by atoms with Crippen molar-refractivity contribution in [3.05, 3.63) is 0 Å². The van der Waals surface area contributed by atoms with Gasteiger partial charge in [0.2, 0.25) is 0 Å². The normalized spacial score (nSPS) is 18.1. The van der Waals surface area contributed by atoms with Crippen LogP contribution in [0.15, 0.2) is 0 Å². The molecule has 0 aromatic rings. The number of rotatable bonds is 2. The highest BCUT2D eigenvalue weighted by Gasteiger charge is 2.33. The van der Waals surface area contributed by atoms with Gasteiger partial charge in [-0.1, -0.05) is 34.8 Å². The Bertz CT molecular complexity index is 201. The smallest absolute Gasteiger partial charge is 0.358 e. The maximum Gasteiger partial charge on any atom is 0.358 e. The third kappa shape index (κ3) is 6.03. The standard InChI is InChI=1S/C8H12Cl3NO2.ClH/c9-8(10,11)7(13)14-5-6-1-3-12-4-2-6;/h6,12H,1-5H2;1H. The topological polar surface area (TPSA) is 38.3 Å². The molecule has 1 aliphatic heterocycles. The Morgan fingerprint density at radius 2 is 1.87 bits per heavy atom. The third-order valence-corrected chi connectivity index (χ3v) is 2.60. The first-order valence-corrected chi connectivity index (χ1v) is 5.58. The summed E-state index contributed by atoms with van der Waals surface area (Å²) in [6.07, 6.45) is 1.99. The number of alkyl halides is 3. The van der Waals surface area contributed by atoms with Crippen molar-refractivity contribution in [2.75, 3.05) is 19.7 Å². The number of esters is 1. The predicted molar refractivity (Wildman–Crippen MR) is 64.1 cm³/mol. The van der Waals surface area contributed by atoms with Crippen LogP contribution in [0, 0.1) is 5.92 Å². The summed E-state index contributed by atoms with van der Waals surface area (Å²) >= 11 is 16.0. The average Bonchev–Trinajstić information content (AvgIpc) is 2.14. The third-order valence-electron chi connectivity index (χ3n) is 2.14. The van der Waals surface area contributed by atoms with Crippen molar-refractivity contribution in [3.8, 4) is 0 Å². The highest BCUT2D eigenvalue weighted by Crippen LogP contribution is 2.28. The summed E-state index contributed by atoms with van der Waals surface area (Å²) in [4.78, 5) is 11.1. The number of carbonyl (C=O) groups excluding carboxylic acids is 1. The Morgan fingerprint density at radius 3 is 2.33 bits per heavy atom. The van der Waals surface area contributed by atoms with E-state index in [0.717, 1.165) is 25.9 Å². The lowest BCUT2D eigenvalue weighted by Crippen LogP contribution is -2.32. The molecule has 7 heteroatoms. The molecule has 1 heterocycles. The van der Waals surface area contributed by atoms with E-state index in [1.807, 2.05) is 0 Å². The molecule has 1 rings (SSSR count). The zero-order chi connectivity index (χ0) is 10.6. The van der Waals surface area contributed by atoms with Gasteiger partial charge in [-0.15, -0.1) is 12.4 Å². The molecule has 90 valence electrons. The molecule has 15 heavy (non-hydrogen) atoms. The molecule has 1 N–H and O–H groups in total. The summed E-state index contributed by atoms with van der Waals surface area (Å²) in [6, 6.07) is 0. The van der Waals surface area contributed by atoms with Crippen LogP contribution in [0.25, 0.3) is 0 Å². The largest absolute Gasteiger partial charge is 0.462 e. The maximum atomic E-state index is 11.1. The van der Waals surface area contributed by atoms with Gasteiger partial charge in [-0.3, -0.25) is 0 Å². The zero-order valence-electron chi connectivity index (χ0n) is 7.97. The minimum absolute atomic E-state index is 0. The first kappa shape index (κ1) is 15.6. The Kier molecular flexibility index (Phi) is 7.30. The van der Waals surface area contributed by atoms with E-state index >= 15 is 0 Å². The highest BCUT2D eigenvalue weighted by molar-refractivity contribution is 6.75. The van der Waals surface area contributed by atoms with Crippen LogP contribution in [0.2, 0.25) is 0 Å². The predicted octanol–water partition coefficient (Wildman–Crippen LogP) is 2.32. The number of hydrogen-bond donors (Lipinski definition) is 1. The molecule has 0 bridgehead atoms. The fraction of sp³-hybridized carbons (Fsp3) is 0.875. The summed E-state index contributed by atoms with van der Waals surface area (Å²) in [5, 5.41) is 3.21. The van der Waals surface area contributed by atoms with E-state index < -0.39 is 9.76 Å². The van der Waals surface area contributed by atoms with Gasteiger partial charge in [0.05, 0.1) is 6.61 Å². The van der Waals surface area contributed by atoms with Crippen LogP contribution in [0.3, 0.4) is 0 Å². The second-order valence-corrected chi connectivity index (χ2v) is 5.57. The lowest BCUT2D eigenvalue weighted by molar-refractivity contribution is -0.144. The summed E-state index contributed by atoms with van der Waals surface area (Å²) in [5.41, 5.74) is 0. The van der Waals surface area contributed by atoms with E-state index in [1.54, 1.807) is 0 Å². The monoisotopic (exact) mass is 295 g/mol. The van der Waals surface area contributed by atoms with E-state index in [9.17, 15) is 4.79 Å². The van der Waals surface area contributed by atoms with Gasteiger partial charge in [0, 0.05) is 0 Å². The van der Waals surface area contributed by atoms with E-state index in [4.69, 9.17) is 39.5 Å². The van der Waals surface area contributed by atoms with Crippen LogP contribution in [-0.4, -0.2) is 29.5 Å². The van der Waals surface area contributed by atoms with Crippen molar-refractivity contribution in [1.82, 2.24) is 5.32 Å². The first-order chi connectivity index (χ1) is 6.50. The molecule has 0 aromatic carbocycles. The zero-order valence-corrected chi connectivity index (χ0v) is 11.1. The molecule has 0 aliphatic carbocycles. The second-order valence-electron chi connectivity index (χ2n) is 3.29. The Morgan fingerprint density at radius 1 is 1.33 bits per heavy atom. The van der Waals surface area contributed by atoms with Crippen molar-refractivity contribution in [3.63, 3.8) is 0 Å². The van der Waals surface area contributed by atoms with Gasteiger partial charge in [0.25, 0.3) is 3.79 Å². The van der Waals surface area contributed by atoms with Gasteiger partial charge in [-0.2, -0.15) is 0 Å². The minimum atomic E-state index is -1.95. The fourth-order valence-corrected chi connectivity index (χ4v) is 1.49. The number of ether oxygens (including phenoxy) is 1. The molecule has 0 atom stereocenters. The minimum Gasteiger partial charge on any atom is -0.462 e.